The fraction of sp³-hybridized carbons (Fsp3) is 0.444. The Balaban J connectivity index is 2.47. The van der Waals surface area contributed by atoms with Crippen molar-refractivity contribution < 1.29 is 13.3 Å². The van der Waals surface area contributed by atoms with Crippen LogP contribution in [0, 0.1) is 0 Å². The zero-order valence-electron chi connectivity index (χ0n) is 16.4. The molecule has 0 aromatic heterocycles. The van der Waals surface area contributed by atoms with Crippen LogP contribution < -0.4 is 5.32 Å². The first-order valence-corrected chi connectivity index (χ1v) is 10.4. The maximum Gasteiger partial charge on any atom is 0.500 e. The van der Waals surface area contributed by atoms with Crippen molar-refractivity contribution >= 4 is 20.2 Å². The summed E-state index contributed by atoms with van der Waals surface area (Å²) in [6.07, 6.45) is 4.68. The molecule has 1 N–H and O–H groups in total. The maximum atomic E-state index is 5.41. The van der Waals surface area contributed by atoms with E-state index in [4.69, 9.17) is 13.3 Å². The van der Waals surface area contributed by atoms with Crippen LogP contribution in [0.25, 0.3) is 0 Å². The number of hydrogen-bond acceptors (Lipinski definition) is 7. The van der Waals surface area contributed by atoms with E-state index in [9.17, 15) is 0 Å². The van der Waals surface area contributed by atoms with Gasteiger partial charge in [-0.05, 0) is 37.6 Å². The molecule has 0 radical (unpaired) electrons. The third-order valence-electron chi connectivity index (χ3n) is 3.85. The second-order valence-electron chi connectivity index (χ2n) is 5.58. The summed E-state index contributed by atoms with van der Waals surface area (Å²) in [4.78, 5) is 1.81. The first-order chi connectivity index (χ1) is 12.5. The van der Waals surface area contributed by atoms with Crippen LogP contribution in [0.5, 0.6) is 0 Å². The smallest absolute Gasteiger partial charge is 0.385 e. The summed E-state index contributed by atoms with van der Waals surface area (Å²) in [7, 11) is 4.28. The number of allylic oxidation sites excluding steroid dienone is 1. The summed E-state index contributed by atoms with van der Waals surface area (Å²) in [5.74, 6) is 0.576. The highest BCUT2D eigenvalue weighted by molar-refractivity contribution is 6.60. The van der Waals surface area contributed by atoms with Gasteiger partial charge in [-0.2, -0.15) is 0 Å². The minimum Gasteiger partial charge on any atom is -0.385 e. The summed E-state index contributed by atoms with van der Waals surface area (Å²) < 4.78 is 16.2. The molecule has 0 saturated heterocycles. The summed E-state index contributed by atoms with van der Waals surface area (Å²) in [5.41, 5.74) is 1.79. The Morgan fingerprint density at radius 2 is 1.81 bits per heavy atom. The number of anilines is 1. The molecule has 1 rings (SSSR count). The molecule has 7 nitrogen and oxygen atoms in total. The molecule has 0 spiro atoms. The van der Waals surface area contributed by atoms with Crippen LogP contribution >= 0.6 is 0 Å². The van der Waals surface area contributed by atoms with E-state index < -0.39 is 8.80 Å². The lowest BCUT2D eigenvalue weighted by atomic mass is 10.3. The molecule has 1 aromatic carbocycles. The van der Waals surface area contributed by atoms with Crippen molar-refractivity contribution in [2.24, 2.45) is 10.2 Å². The lowest BCUT2D eigenvalue weighted by molar-refractivity contribution is 0.123. The third-order valence-corrected chi connectivity index (χ3v) is 6.68. The Kier molecular flexibility index (Phi) is 9.82. The Hall–Kier alpha value is -2.00. The molecule has 0 aliphatic carbocycles. The van der Waals surface area contributed by atoms with E-state index in [0.29, 0.717) is 5.82 Å². The summed E-state index contributed by atoms with van der Waals surface area (Å²) in [5, 5.41) is 11.7. The molecule has 0 bridgehead atoms. The van der Waals surface area contributed by atoms with E-state index >= 15 is 0 Å². The van der Waals surface area contributed by atoms with E-state index in [1.54, 1.807) is 21.3 Å². The first-order valence-electron chi connectivity index (χ1n) is 8.46. The van der Waals surface area contributed by atoms with Gasteiger partial charge in [0.1, 0.15) is 5.82 Å². The molecule has 0 atom stereocenters. The van der Waals surface area contributed by atoms with Crippen molar-refractivity contribution in [3.05, 3.63) is 48.9 Å². The predicted molar refractivity (Wildman–Crippen MR) is 107 cm³/mol. The van der Waals surface area contributed by atoms with Gasteiger partial charge in [-0.25, -0.2) is 0 Å². The first kappa shape index (κ1) is 22.0. The second kappa shape index (κ2) is 11.6. The van der Waals surface area contributed by atoms with Crippen molar-refractivity contribution in [1.82, 2.24) is 4.90 Å². The van der Waals surface area contributed by atoms with Gasteiger partial charge in [-0.15, -0.1) is 10.2 Å². The van der Waals surface area contributed by atoms with Crippen LogP contribution in [0.1, 0.15) is 13.3 Å². The lowest BCUT2D eigenvalue weighted by Crippen LogP contribution is -2.42. The van der Waals surface area contributed by atoms with Gasteiger partial charge in [0.25, 0.3) is 0 Å². The van der Waals surface area contributed by atoms with Gasteiger partial charge in [0.05, 0.1) is 5.69 Å². The van der Waals surface area contributed by atoms with Gasteiger partial charge in [0.15, 0.2) is 0 Å². The number of nitrogens with one attached hydrogen (secondary N) is 1. The molecule has 0 heterocycles. The Bertz CT molecular complexity index is 593. The van der Waals surface area contributed by atoms with Crippen LogP contribution in [0.2, 0.25) is 6.04 Å². The zero-order chi connectivity index (χ0) is 19.4. The molecule has 0 saturated carbocycles. The minimum absolute atomic E-state index is 0.576. The standard InChI is InChI=1S/C18H30N4O3Si/c1-7-14-22(3)16(2)20-21-18-11-9-17(10-12-18)19-13-8-15-26(23-4,24-5)25-6/h7,9-12,14,19H,2,8,13,15H2,1,3-6H3/b14-7-,21-20+. The lowest BCUT2D eigenvalue weighted by Gasteiger charge is -2.24. The Morgan fingerprint density at radius 1 is 1.19 bits per heavy atom. The summed E-state index contributed by atoms with van der Waals surface area (Å²) in [6, 6.07) is 8.53. The highest BCUT2D eigenvalue weighted by atomic mass is 28.4. The minimum atomic E-state index is -2.49. The number of nitrogens with zero attached hydrogens (tertiary/aromatic N) is 3. The van der Waals surface area contributed by atoms with Crippen molar-refractivity contribution in [3.63, 3.8) is 0 Å². The van der Waals surface area contributed by atoms with Crippen molar-refractivity contribution in [2.75, 3.05) is 40.2 Å². The second-order valence-corrected chi connectivity index (χ2v) is 8.67. The van der Waals surface area contributed by atoms with Crippen LogP contribution in [0.4, 0.5) is 11.4 Å². The molecule has 0 aliphatic rings. The largest absolute Gasteiger partial charge is 0.500 e. The van der Waals surface area contributed by atoms with Gasteiger partial charge in [0.2, 0.25) is 0 Å². The molecule has 0 unspecified atom stereocenters. The van der Waals surface area contributed by atoms with Crippen LogP contribution in [0.3, 0.4) is 0 Å². The molecular weight excluding hydrogens is 348 g/mol. The van der Waals surface area contributed by atoms with E-state index in [2.05, 4.69) is 22.1 Å². The fourth-order valence-corrected chi connectivity index (χ4v) is 3.96. The average Bonchev–Trinajstić information content (AvgIpc) is 2.68. The molecule has 0 amide bonds. The monoisotopic (exact) mass is 378 g/mol. The highest BCUT2D eigenvalue weighted by Gasteiger charge is 2.36. The molecule has 0 fully saturated rings. The van der Waals surface area contributed by atoms with Gasteiger partial charge < -0.3 is 23.5 Å². The fourth-order valence-electron chi connectivity index (χ4n) is 2.24. The molecule has 8 heteroatoms. The number of rotatable bonds is 12. The Morgan fingerprint density at radius 3 is 2.35 bits per heavy atom. The van der Waals surface area contributed by atoms with E-state index in [-0.39, 0.29) is 0 Å². The molecule has 1 aromatic rings. The maximum absolute atomic E-state index is 5.41. The Labute approximate surface area is 157 Å². The quantitative estimate of drug-likeness (QED) is 0.332. The SMILES string of the molecule is C=C(/N=N/c1ccc(NCCC[Si](OC)(OC)OC)cc1)N(C)/C=C\C. The van der Waals surface area contributed by atoms with Crippen molar-refractivity contribution in [3.8, 4) is 0 Å². The van der Waals surface area contributed by atoms with Crippen molar-refractivity contribution in [1.29, 1.82) is 0 Å². The van der Waals surface area contributed by atoms with Gasteiger partial charge in [-0.3, -0.25) is 0 Å². The van der Waals surface area contributed by atoms with Crippen LogP contribution in [0.15, 0.2) is 59.2 Å². The molecular formula is C18H30N4O3Si. The molecule has 144 valence electrons. The topological polar surface area (TPSA) is 67.7 Å². The third kappa shape index (κ3) is 7.09. The van der Waals surface area contributed by atoms with E-state index in [1.807, 2.05) is 55.4 Å². The normalized spacial score (nSPS) is 12.0. The number of azo groups is 1. The van der Waals surface area contributed by atoms with Crippen LogP contribution in [-0.2, 0) is 13.3 Å². The van der Waals surface area contributed by atoms with E-state index in [0.717, 1.165) is 30.4 Å². The van der Waals surface area contributed by atoms with Gasteiger partial charge >= 0.3 is 8.80 Å². The van der Waals surface area contributed by atoms with Gasteiger partial charge in [0, 0.05) is 52.9 Å². The molecule has 0 aliphatic heterocycles. The summed E-state index contributed by atoms with van der Waals surface area (Å²) >= 11 is 0. The zero-order valence-corrected chi connectivity index (χ0v) is 17.4. The number of benzene rings is 1. The summed E-state index contributed by atoms with van der Waals surface area (Å²) in [6.45, 7) is 6.61. The van der Waals surface area contributed by atoms with E-state index in [1.165, 1.54) is 0 Å². The van der Waals surface area contributed by atoms with Gasteiger partial charge in [-0.1, -0.05) is 12.7 Å². The highest BCUT2D eigenvalue weighted by Crippen LogP contribution is 2.19. The van der Waals surface area contributed by atoms with Crippen LogP contribution in [-0.4, -0.2) is 48.6 Å². The number of hydrogen-bond donors (Lipinski definition) is 1. The van der Waals surface area contributed by atoms with Crippen molar-refractivity contribution in [2.45, 2.75) is 19.4 Å². The average molecular weight is 379 g/mol. The molecule has 26 heavy (non-hydrogen) atoms. The predicted octanol–water partition coefficient (Wildman–Crippen LogP) is 4.39.